The Hall–Kier alpha value is -2.71. The lowest BCUT2D eigenvalue weighted by Gasteiger charge is -2.33. The van der Waals surface area contributed by atoms with Crippen molar-refractivity contribution < 1.29 is 23.9 Å². The van der Waals surface area contributed by atoms with Gasteiger partial charge >= 0.3 is 12.2 Å². The van der Waals surface area contributed by atoms with E-state index in [0.29, 0.717) is 11.8 Å². The first-order valence-electron chi connectivity index (χ1n) is 16.1. The number of rotatable bonds is 5. The highest BCUT2D eigenvalue weighted by molar-refractivity contribution is 9.10. The molecule has 2 aliphatic heterocycles. The summed E-state index contributed by atoms with van der Waals surface area (Å²) >= 11 is 6.31. The van der Waals surface area contributed by atoms with Crippen molar-refractivity contribution in [1.82, 2.24) is 19.8 Å². The molecule has 0 spiro atoms. The number of aromatic nitrogens is 2. The maximum absolute atomic E-state index is 12.0. The van der Waals surface area contributed by atoms with Gasteiger partial charge < -0.3 is 29.2 Å². The molecule has 2 amide bonds. The largest absolute Gasteiger partial charge is 0.444 e. The number of carbonyl (C=O) groups excluding carboxylic acids is 3. The van der Waals surface area contributed by atoms with E-state index in [9.17, 15) is 24.0 Å². The van der Waals surface area contributed by atoms with Gasteiger partial charge in [-0.05, 0) is 107 Å². The molecule has 4 heterocycles. The fraction of sp³-hybridized carbons (Fsp3) is 0.618. The third kappa shape index (κ3) is 18.2. The van der Waals surface area contributed by atoms with Crippen LogP contribution in [-0.4, -0.2) is 86.0 Å². The Balaban J connectivity index is 0.000000275. The van der Waals surface area contributed by atoms with Crippen molar-refractivity contribution >= 4 is 56.8 Å². The van der Waals surface area contributed by atoms with Gasteiger partial charge in [-0.1, -0.05) is 11.8 Å². The van der Waals surface area contributed by atoms with E-state index in [1.165, 1.54) is 17.8 Å². The molecular weight excluding hydrogens is 720 g/mol. The summed E-state index contributed by atoms with van der Waals surface area (Å²) in [4.78, 5) is 65.9. The van der Waals surface area contributed by atoms with Crippen LogP contribution in [0.25, 0.3) is 0 Å². The average molecular weight is 772 g/mol. The molecule has 14 heteroatoms. The average Bonchev–Trinajstić information content (AvgIpc) is 3.01. The summed E-state index contributed by atoms with van der Waals surface area (Å²) in [6.07, 6.45) is 6.83. The van der Waals surface area contributed by atoms with Gasteiger partial charge in [0.1, 0.15) is 11.2 Å². The zero-order valence-electron chi connectivity index (χ0n) is 29.1. The summed E-state index contributed by atoms with van der Waals surface area (Å²) in [6.45, 7) is 15.9. The van der Waals surface area contributed by atoms with Crippen LogP contribution < -0.4 is 11.1 Å². The number of nitrogens with zero attached hydrogens (tertiary/aromatic N) is 2. The molecule has 0 bridgehead atoms. The molecule has 0 radical (unpaired) electrons. The molecule has 268 valence electrons. The molecule has 2 aromatic heterocycles. The fourth-order valence-corrected chi connectivity index (χ4v) is 6.66. The number of thioether (sulfide) groups is 2. The number of pyridine rings is 2. The molecule has 0 atom stereocenters. The topological polar surface area (TPSA) is 142 Å². The molecule has 2 N–H and O–H groups in total. The van der Waals surface area contributed by atoms with E-state index in [1.807, 2.05) is 47.6 Å². The van der Waals surface area contributed by atoms with Gasteiger partial charge in [0.25, 0.3) is 0 Å². The van der Waals surface area contributed by atoms with E-state index in [2.05, 4.69) is 25.9 Å². The van der Waals surface area contributed by atoms with Gasteiger partial charge in [0.2, 0.25) is 11.1 Å². The van der Waals surface area contributed by atoms with E-state index in [-0.39, 0.29) is 28.4 Å². The first-order chi connectivity index (χ1) is 22.4. The number of hydrogen-bond donors (Lipinski definition) is 2. The van der Waals surface area contributed by atoms with Crippen LogP contribution in [0.4, 0.5) is 9.59 Å². The number of aromatic amines is 2. The molecule has 4 rings (SSSR count). The third-order valence-electron chi connectivity index (χ3n) is 7.04. The Labute approximate surface area is 300 Å². The van der Waals surface area contributed by atoms with Crippen molar-refractivity contribution in [2.45, 2.75) is 90.2 Å². The van der Waals surface area contributed by atoms with Crippen LogP contribution in [-0.2, 0) is 14.3 Å². The SMILES string of the molecule is CC(=O)SCC1CCN(C(=O)OC(C)(C)C)CC1.CC(C)(C)OC(=O)N1CCC(CSc2ccc(=O)[nH]c2)CC1.O=c1ccc(Br)c[nH]1. The van der Waals surface area contributed by atoms with Crippen molar-refractivity contribution in [2.24, 2.45) is 11.8 Å². The lowest BCUT2D eigenvalue weighted by molar-refractivity contribution is -0.109. The second-order valence-corrected chi connectivity index (χ2v) is 16.9. The van der Waals surface area contributed by atoms with Crippen molar-refractivity contribution in [3.63, 3.8) is 0 Å². The van der Waals surface area contributed by atoms with Crippen molar-refractivity contribution in [2.75, 3.05) is 37.7 Å². The Bertz CT molecular complexity index is 1380. The van der Waals surface area contributed by atoms with Crippen LogP contribution in [0.1, 0.15) is 74.1 Å². The summed E-state index contributed by atoms with van der Waals surface area (Å²) in [7, 11) is 0. The molecule has 2 saturated heterocycles. The third-order valence-corrected chi connectivity index (χ3v) is 9.81. The number of halogens is 1. The molecule has 11 nitrogen and oxygen atoms in total. The van der Waals surface area contributed by atoms with E-state index in [4.69, 9.17) is 9.47 Å². The molecule has 0 aromatic carbocycles. The highest BCUT2D eigenvalue weighted by Gasteiger charge is 2.28. The quantitative estimate of drug-likeness (QED) is 0.303. The van der Waals surface area contributed by atoms with Gasteiger partial charge in [0, 0.05) is 78.5 Å². The number of H-pyrrole nitrogens is 2. The maximum atomic E-state index is 12.0. The van der Waals surface area contributed by atoms with Gasteiger partial charge in [-0.2, -0.15) is 0 Å². The van der Waals surface area contributed by atoms with Crippen LogP contribution >= 0.6 is 39.5 Å². The van der Waals surface area contributed by atoms with Gasteiger partial charge in [0.15, 0.2) is 5.12 Å². The minimum atomic E-state index is -0.436. The number of ether oxygens (including phenoxy) is 2. The molecule has 2 aliphatic rings. The zero-order valence-corrected chi connectivity index (χ0v) is 32.4. The monoisotopic (exact) mass is 770 g/mol. The zero-order chi connectivity index (χ0) is 35.9. The Morgan fingerprint density at radius 2 is 1.19 bits per heavy atom. The molecule has 0 saturated carbocycles. The fourth-order valence-electron chi connectivity index (χ4n) is 4.54. The highest BCUT2D eigenvalue weighted by atomic mass is 79.9. The number of likely N-dealkylation sites (tertiary alicyclic amines) is 2. The first-order valence-corrected chi connectivity index (χ1v) is 18.9. The van der Waals surface area contributed by atoms with Crippen molar-refractivity contribution in [3.05, 3.63) is 61.8 Å². The molecule has 0 unspecified atom stereocenters. The number of nitrogens with one attached hydrogen (secondary N) is 2. The highest BCUT2D eigenvalue weighted by Crippen LogP contribution is 2.27. The standard InChI is InChI=1S/C16H24N2O3S.C13H23NO3S.C5H4BrNO/c1-16(2,3)21-15(20)18-8-6-12(7-9-18)11-22-13-4-5-14(19)17-10-13;1-10(15)18-9-11-5-7-14(8-6-11)12(16)17-13(2,3)4;6-4-1-2-5(8)7-3-4/h4-5,10,12H,6-9,11H2,1-3H3,(H,17,19);11H,5-9H2,1-4H3;1-3H,(H,7,8). The lowest BCUT2D eigenvalue weighted by atomic mass is 9.99. The van der Waals surface area contributed by atoms with Gasteiger partial charge in [0.05, 0.1) is 0 Å². The lowest BCUT2D eigenvalue weighted by Crippen LogP contribution is -2.42. The molecular formula is C34H51BrN4O7S2. The molecule has 2 fully saturated rings. The molecule has 2 aromatic rings. The van der Waals surface area contributed by atoms with E-state index in [0.717, 1.165) is 72.7 Å². The van der Waals surface area contributed by atoms with E-state index >= 15 is 0 Å². The molecule has 0 aliphatic carbocycles. The van der Waals surface area contributed by atoms with Crippen LogP contribution in [0.3, 0.4) is 0 Å². The summed E-state index contributed by atoms with van der Waals surface area (Å²) in [5.41, 5.74) is -1.02. The number of hydrogen-bond acceptors (Lipinski definition) is 9. The normalized spacial score (nSPS) is 15.8. The van der Waals surface area contributed by atoms with Crippen LogP contribution in [0.15, 0.2) is 55.6 Å². The van der Waals surface area contributed by atoms with Gasteiger partial charge in [-0.25, -0.2) is 9.59 Å². The Morgan fingerprint density at radius 3 is 1.54 bits per heavy atom. The van der Waals surface area contributed by atoms with Gasteiger partial charge in [-0.3, -0.25) is 14.4 Å². The minimum Gasteiger partial charge on any atom is -0.444 e. The summed E-state index contributed by atoms with van der Waals surface area (Å²) in [6, 6.07) is 6.55. The maximum Gasteiger partial charge on any atom is 0.410 e. The first kappa shape index (κ1) is 41.5. The summed E-state index contributed by atoms with van der Waals surface area (Å²) in [5.74, 6) is 3.01. The van der Waals surface area contributed by atoms with Gasteiger partial charge in [-0.15, -0.1) is 11.8 Å². The molecule has 48 heavy (non-hydrogen) atoms. The van der Waals surface area contributed by atoms with E-state index in [1.54, 1.807) is 53.0 Å². The number of carbonyl (C=O) groups is 3. The number of piperidine rings is 2. The summed E-state index contributed by atoms with van der Waals surface area (Å²) in [5, 5.41) is 0.171. The van der Waals surface area contributed by atoms with Crippen molar-refractivity contribution in [1.29, 1.82) is 0 Å². The Morgan fingerprint density at radius 1 is 0.750 bits per heavy atom. The van der Waals surface area contributed by atoms with Crippen LogP contribution in [0.2, 0.25) is 0 Å². The number of amides is 2. The second-order valence-electron chi connectivity index (χ2n) is 13.7. The predicted molar refractivity (Wildman–Crippen MR) is 197 cm³/mol. The van der Waals surface area contributed by atoms with Crippen LogP contribution in [0.5, 0.6) is 0 Å². The Kier molecular flexibility index (Phi) is 17.3. The predicted octanol–water partition coefficient (Wildman–Crippen LogP) is 7.16. The van der Waals surface area contributed by atoms with E-state index < -0.39 is 11.2 Å². The smallest absolute Gasteiger partial charge is 0.410 e. The van der Waals surface area contributed by atoms with Crippen LogP contribution in [0, 0.1) is 11.8 Å². The van der Waals surface area contributed by atoms with Crippen molar-refractivity contribution in [3.8, 4) is 0 Å². The minimum absolute atomic E-state index is 0.0741. The second kappa shape index (κ2) is 20.1. The summed E-state index contributed by atoms with van der Waals surface area (Å²) < 4.78 is 11.6.